The van der Waals surface area contributed by atoms with Crippen LogP contribution in [0.1, 0.15) is 31.5 Å². The average molecular weight is 222 g/mol. The lowest BCUT2D eigenvalue weighted by Crippen LogP contribution is -2.36. The monoisotopic (exact) mass is 222 g/mol. The predicted molar refractivity (Wildman–Crippen MR) is 60.8 cm³/mol. The summed E-state index contributed by atoms with van der Waals surface area (Å²) in [5.74, 6) is 0.0801. The molecule has 2 rings (SSSR count). The predicted octanol–water partition coefficient (Wildman–Crippen LogP) is 0.349. The Morgan fingerprint density at radius 3 is 3.00 bits per heavy atom. The number of aromatic nitrogens is 2. The molecule has 5 heteroatoms. The largest absolute Gasteiger partial charge is 0.352 e. The molecule has 1 fully saturated rings. The van der Waals surface area contributed by atoms with Crippen molar-refractivity contribution >= 4 is 5.91 Å². The van der Waals surface area contributed by atoms with Gasteiger partial charge >= 0.3 is 0 Å². The highest BCUT2D eigenvalue weighted by Gasteiger charge is 2.23. The number of carbonyl (C=O) groups is 1. The van der Waals surface area contributed by atoms with Crippen LogP contribution in [-0.4, -0.2) is 28.3 Å². The molecule has 88 valence electrons. The summed E-state index contributed by atoms with van der Waals surface area (Å²) < 4.78 is 1.82. The Morgan fingerprint density at radius 1 is 1.69 bits per heavy atom. The second-order valence-electron chi connectivity index (χ2n) is 4.32. The summed E-state index contributed by atoms with van der Waals surface area (Å²) in [5, 5.41) is 10.2. The molecule has 0 bridgehead atoms. The van der Waals surface area contributed by atoms with Crippen LogP contribution in [0.5, 0.6) is 0 Å². The molecule has 0 aromatic carbocycles. The van der Waals surface area contributed by atoms with Gasteiger partial charge in [-0.2, -0.15) is 5.10 Å². The van der Waals surface area contributed by atoms with Gasteiger partial charge in [0, 0.05) is 25.3 Å². The average Bonchev–Trinajstić information content (AvgIpc) is 2.95. The number of carbonyl (C=O) groups excluding carboxylic acids is 1. The van der Waals surface area contributed by atoms with Crippen LogP contribution >= 0.6 is 0 Å². The molecule has 1 saturated carbocycles. The first-order valence-electron chi connectivity index (χ1n) is 5.67. The maximum atomic E-state index is 11.5. The number of nitrogens with zero attached hydrogens (tertiary/aromatic N) is 2. The van der Waals surface area contributed by atoms with E-state index in [0.29, 0.717) is 12.6 Å². The summed E-state index contributed by atoms with van der Waals surface area (Å²) in [6, 6.07) is 2.52. The summed E-state index contributed by atoms with van der Waals surface area (Å²) in [7, 11) is 1.90. The highest BCUT2D eigenvalue weighted by Crippen LogP contribution is 2.18. The summed E-state index contributed by atoms with van der Waals surface area (Å²) in [5.41, 5.74) is 1.08. The zero-order chi connectivity index (χ0) is 11.5. The number of aryl methyl sites for hydroxylation is 1. The fraction of sp³-hybridized carbons (Fsp3) is 0.636. The van der Waals surface area contributed by atoms with Crippen LogP contribution in [0.3, 0.4) is 0 Å². The lowest BCUT2D eigenvalue weighted by atomic mass is 10.2. The highest BCUT2D eigenvalue weighted by atomic mass is 16.2. The Morgan fingerprint density at radius 2 is 2.44 bits per heavy atom. The maximum absolute atomic E-state index is 11.5. The molecule has 5 nitrogen and oxygen atoms in total. The van der Waals surface area contributed by atoms with E-state index in [0.717, 1.165) is 18.5 Å². The van der Waals surface area contributed by atoms with Crippen LogP contribution in [0.25, 0.3) is 0 Å². The van der Waals surface area contributed by atoms with Crippen molar-refractivity contribution in [1.82, 2.24) is 20.4 Å². The Balaban J connectivity index is 1.76. The molecule has 0 aliphatic heterocycles. The Labute approximate surface area is 95.2 Å². The van der Waals surface area contributed by atoms with Crippen molar-refractivity contribution in [2.45, 2.75) is 31.8 Å². The first-order chi connectivity index (χ1) is 7.66. The molecule has 1 aromatic heterocycles. The second-order valence-corrected chi connectivity index (χ2v) is 4.32. The zero-order valence-electron chi connectivity index (χ0n) is 9.73. The maximum Gasteiger partial charge on any atom is 0.234 e. The summed E-state index contributed by atoms with van der Waals surface area (Å²) in [6.07, 6.45) is 4.02. The van der Waals surface area contributed by atoms with Gasteiger partial charge in [0.25, 0.3) is 0 Å². The molecule has 1 atom stereocenters. The molecule has 0 spiro atoms. The molecular weight excluding hydrogens is 204 g/mol. The van der Waals surface area contributed by atoms with Crippen LogP contribution in [0.2, 0.25) is 0 Å². The Kier molecular flexibility index (Phi) is 3.24. The van der Waals surface area contributed by atoms with Gasteiger partial charge in [-0.05, 0) is 25.8 Å². The number of hydrogen-bond donors (Lipinski definition) is 2. The van der Waals surface area contributed by atoms with E-state index in [2.05, 4.69) is 15.7 Å². The molecular formula is C11H18N4O. The van der Waals surface area contributed by atoms with E-state index < -0.39 is 0 Å². The number of hydrogen-bond acceptors (Lipinski definition) is 3. The second kappa shape index (κ2) is 4.65. The minimum absolute atomic E-state index is 0.0801. The van der Waals surface area contributed by atoms with Gasteiger partial charge in [0.1, 0.15) is 0 Å². The van der Waals surface area contributed by atoms with Crippen LogP contribution in [0.4, 0.5) is 0 Å². The Hall–Kier alpha value is -1.36. The van der Waals surface area contributed by atoms with Gasteiger partial charge in [-0.15, -0.1) is 0 Å². The molecule has 0 saturated heterocycles. The van der Waals surface area contributed by atoms with E-state index in [1.54, 1.807) is 6.20 Å². The third-order valence-electron chi connectivity index (χ3n) is 2.81. The van der Waals surface area contributed by atoms with Crippen molar-refractivity contribution in [1.29, 1.82) is 0 Å². The van der Waals surface area contributed by atoms with Crippen molar-refractivity contribution in [2.75, 3.05) is 6.54 Å². The van der Waals surface area contributed by atoms with Crippen LogP contribution in [0, 0.1) is 0 Å². The molecule has 1 amide bonds. The SMILES string of the molecule is CC(NCC(=O)NC1CC1)c1ccnn1C. The van der Waals surface area contributed by atoms with E-state index in [-0.39, 0.29) is 11.9 Å². The van der Waals surface area contributed by atoms with E-state index in [1.807, 2.05) is 24.7 Å². The molecule has 16 heavy (non-hydrogen) atoms. The molecule has 1 unspecified atom stereocenters. The van der Waals surface area contributed by atoms with Gasteiger partial charge in [0.2, 0.25) is 5.91 Å². The first kappa shape index (κ1) is 11.1. The van der Waals surface area contributed by atoms with Crippen molar-refractivity contribution in [3.63, 3.8) is 0 Å². The zero-order valence-corrected chi connectivity index (χ0v) is 9.73. The lowest BCUT2D eigenvalue weighted by Gasteiger charge is -2.13. The standard InChI is InChI=1S/C11H18N4O/c1-8(10-5-6-13-15(10)2)12-7-11(16)14-9-3-4-9/h5-6,8-9,12H,3-4,7H2,1-2H3,(H,14,16). The van der Waals surface area contributed by atoms with E-state index in [9.17, 15) is 4.79 Å². The molecule has 1 heterocycles. The third-order valence-corrected chi connectivity index (χ3v) is 2.81. The lowest BCUT2D eigenvalue weighted by molar-refractivity contribution is -0.120. The van der Waals surface area contributed by atoms with Gasteiger partial charge < -0.3 is 10.6 Å². The normalized spacial score (nSPS) is 17.1. The van der Waals surface area contributed by atoms with Crippen molar-refractivity contribution in [2.24, 2.45) is 7.05 Å². The smallest absolute Gasteiger partial charge is 0.234 e. The molecule has 2 N–H and O–H groups in total. The van der Waals surface area contributed by atoms with E-state index in [1.165, 1.54) is 0 Å². The topological polar surface area (TPSA) is 59.0 Å². The third kappa shape index (κ3) is 2.82. The van der Waals surface area contributed by atoms with E-state index >= 15 is 0 Å². The van der Waals surface area contributed by atoms with Gasteiger partial charge in [-0.1, -0.05) is 0 Å². The van der Waals surface area contributed by atoms with Crippen LogP contribution in [-0.2, 0) is 11.8 Å². The van der Waals surface area contributed by atoms with E-state index in [4.69, 9.17) is 0 Å². The minimum atomic E-state index is 0.0801. The van der Waals surface area contributed by atoms with Crippen molar-refractivity contribution < 1.29 is 4.79 Å². The highest BCUT2D eigenvalue weighted by molar-refractivity contribution is 5.78. The molecule has 0 radical (unpaired) electrons. The first-order valence-corrected chi connectivity index (χ1v) is 5.67. The molecule has 1 aliphatic rings. The summed E-state index contributed by atoms with van der Waals surface area (Å²) in [6.45, 7) is 2.39. The Bertz CT molecular complexity index is 370. The van der Waals surface area contributed by atoms with Crippen molar-refractivity contribution in [3.05, 3.63) is 18.0 Å². The van der Waals surface area contributed by atoms with Crippen LogP contribution < -0.4 is 10.6 Å². The minimum Gasteiger partial charge on any atom is -0.352 e. The fourth-order valence-electron chi connectivity index (χ4n) is 1.67. The van der Waals surface area contributed by atoms with Crippen LogP contribution in [0.15, 0.2) is 12.3 Å². The quantitative estimate of drug-likeness (QED) is 0.755. The van der Waals surface area contributed by atoms with Gasteiger partial charge in [0.15, 0.2) is 0 Å². The van der Waals surface area contributed by atoms with Gasteiger partial charge in [-0.25, -0.2) is 0 Å². The van der Waals surface area contributed by atoms with Gasteiger partial charge in [-0.3, -0.25) is 9.48 Å². The van der Waals surface area contributed by atoms with Gasteiger partial charge in [0.05, 0.1) is 12.2 Å². The van der Waals surface area contributed by atoms with Crippen molar-refractivity contribution in [3.8, 4) is 0 Å². The number of nitrogens with one attached hydrogen (secondary N) is 2. The fourth-order valence-corrected chi connectivity index (χ4v) is 1.67. The summed E-state index contributed by atoms with van der Waals surface area (Å²) in [4.78, 5) is 11.5. The molecule has 1 aliphatic carbocycles. The summed E-state index contributed by atoms with van der Waals surface area (Å²) >= 11 is 0. The number of rotatable bonds is 5. The molecule has 1 aromatic rings. The number of amides is 1.